The molecule has 3 amide bonds. The highest BCUT2D eigenvalue weighted by Gasteiger charge is 2.50. The normalized spacial score (nSPS) is 19.3. The topological polar surface area (TPSA) is 66.5 Å². The van der Waals surface area contributed by atoms with Crippen molar-refractivity contribution >= 4 is 17.7 Å². The first-order valence-corrected chi connectivity index (χ1v) is 8.48. The maximum atomic E-state index is 14.1. The van der Waals surface area contributed by atoms with E-state index in [9.17, 15) is 23.2 Å². The molecule has 1 saturated heterocycles. The number of hydrogen-bond donors (Lipinski definition) is 1. The minimum absolute atomic E-state index is 0.289. The van der Waals surface area contributed by atoms with Crippen LogP contribution in [0, 0.1) is 11.6 Å². The van der Waals surface area contributed by atoms with Gasteiger partial charge in [-0.2, -0.15) is 0 Å². The summed E-state index contributed by atoms with van der Waals surface area (Å²) in [6.45, 7) is 2.78. The van der Waals surface area contributed by atoms with Gasteiger partial charge in [-0.15, -0.1) is 0 Å². The molecule has 1 fully saturated rings. The Bertz CT molecular complexity index is 927. The number of hydrogen-bond acceptors (Lipinski definition) is 3. The number of nitrogens with zero attached hydrogens (tertiary/aromatic N) is 1. The van der Waals surface area contributed by atoms with Crippen LogP contribution in [-0.2, 0) is 16.8 Å². The fraction of sp³-hybridized carbons (Fsp3) is 0.250. The fourth-order valence-corrected chi connectivity index (χ4v) is 3.06. The number of benzene rings is 2. The zero-order chi connectivity index (χ0) is 19.8. The number of aryl methyl sites for hydroxylation is 1. The van der Waals surface area contributed by atoms with Crippen LogP contribution in [0.1, 0.15) is 35.3 Å². The van der Waals surface area contributed by atoms with Crippen molar-refractivity contribution in [2.75, 3.05) is 6.54 Å². The molecular weight excluding hydrogens is 354 g/mol. The number of halogens is 2. The summed E-state index contributed by atoms with van der Waals surface area (Å²) < 4.78 is 27.7. The highest BCUT2D eigenvalue weighted by Crippen LogP contribution is 2.31. The van der Waals surface area contributed by atoms with Gasteiger partial charge in [-0.05, 0) is 37.1 Å². The number of rotatable bonds is 5. The minimum Gasteiger partial charge on any atom is -0.319 e. The predicted octanol–water partition coefficient (Wildman–Crippen LogP) is 3.18. The smallest absolute Gasteiger partial charge is 0.319 e. The molecular formula is C20H18F2N2O3. The molecule has 1 heterocycles. The van der Waals surface area contributed by atoms with E-state index in [0.717, 1.165) is 35.1 Å². The molecule has 2 aromatic carbocycles. The number of carbonyl (C=O) groups is 3. The van der Waals surface area contributed by atoms with Crippen LogP contribution in [0.2, 0.25) is 0 Å². The number of imide groups is 1. The summed E-state index contributed by atoms with van der Waals surface area (Å²) in [4.78, 5) is 38.2. The molecule has 0 unspecified atom stereocenters. The van der Waals surface area contributed by atoms with Crippen LogP contribution in [0.25, 0.3) is 0 Å². The number of carbonyl (C=O) groups excluding carboxylic acids is 3. The molecule has 3 rings (SSSR count). The molecule has 0 saturated carbocycles. The lowest BCUT2D eigenvalue weighted by Crippen LogP contribution is -2.42. The summed E-state index contributed by atoms with van der Waals surface area (Å²) in [5.74, 6) is -2.79. The first-order chi connectivity index (χ1) is 12.8. The van der Waals surface area contributed by atoms with Crippen molar-refractivity contribution in [3.05, 3.63) is 70.8 Å². The third kappa shape index (κ3) is 3.32. The van der Waals surface area contributed by atoms with Crippen LogP contribution < -0.4 is 5.32 Å². The maximum absolute atomic E-state index is 14.1. The van der Waals surface area contributed by atoms with Crippen molar-refractivity contribution in [1.29, 1.82) is 0 Å². The maximum Gasteiger partial charge on any atom is 0.325 e. The van der Waals surface area contributed by atoms with Gasteiger partial charge in [0.15, 0.2) is 5.78 Å². The second kappa shape index (κ2) is 6.90. The van der Waals surface area contributed by atoms with E-state index in [0.29, 0.717) is 5.56 Å². The summed E-state index contributed by atoms with van der Waals surface area (Å²) in [5, 5.41) is 2.37. The van der Waals surface area contributed by atoms with E-state index in [-0.39, 0.29) is 5.56 Å². The molecule has 2 aromatic rings. The van der Waals surface area contributed by atoms with Gasteiger partial charge in [-0.1, -0.05) is 31.2 Å². The van der Waals surface area contributed by atoms with Crippen LogP contribution in [0.15, 0.2) is 42.5 Å². The van der Waals surface area contributed by atoms with Crippen LogP contribution in [-0.4, -0.2) is 29.2 Å². The van der Waals surface area contributed by atoms with E-state index in [1.54, 1.807) is 24.3 Å². The molecule has 0 aliphatic carbocycles. The zero-order valence-corrected chi connectivity index (χ0v) is 14.9. The van der Waals surface area contributed by atoms with Crippen molar-refractivity contribution in [1.82, 2.24) is 10.2 Å². The second-order valence-corrected chi connectivity index (χ2v) is 6.54. The number of amides is 3. The van der Waals surface area contributed by atoms with Crippen molar-refractivity contribution < 1.29 is 23.2 Å². The summed E-state index contributed by atoms with van der Waals surface area (Å²) >= 11 is 0. The molecule has 140 valence electrons. The lowest BCUT2D eigenvalue weighted by Gasteiger charge is -2.22. The Kier molecular flexibility index (Phi) is 4.78. The Morgan fingerprint density at radius 3 is 2.41 bits per heavy atom. The highest BCUT2D eigenvalue weighted by atomic mass is 19.1. The van der Waals surface area contributed by atoms with Gasteiger partial charge in [0, 0.05) is 11.1 Å². The highest BCUT2D eigenvalue weighted by molar-refractivity contribution is 6.11. The molecule has 0 radical (unpaired) electrons. The fourth-order valence-electron chi connectivity index (χ4n) is 3.06. The third-order valence-electron chi connectivity index (χ3n) is 4.73. The lowest BCUT2D eigenvalue weighted by atomic mass is 9.91. The molecule has 7 heteroatoms. The van der Waals surface area contributed by atoms with E-state index in [4.69, 9.17) is 0 Å². The Morgan fingerprint density at radius 1 is 1.11 bits per heavy atom. The van der Waals surface area contributed by atoms with Gasteiger partial charge >= 0.3 is 6.03 Å². The molecule has 5 nitrogen and oxygen atoms in total. The Morgan fingerprint density at radius 2 is 1.78 bits per heavy atom. The molecule has 27 heavy (non-hydrogen) atoms. The van der Waals surface area contributed by atoms with E-state index in [1.807, 2.05) is 6.92 Å². The van der Waals surface area contributed by atoms with E-state index < -0.39 is 41.4 Å². The number of nitrogens with one attached hydrogen (secondary N) is 1. The monoisotopic (exact) mass is 372 g/mol. The molecule has 0 spiro atoms. The third-order valence-corrected chi connectivity index (χ3v) is 4.73. The summed E-state index contributed by atoms with van der Waals surface area (Å²) in [5.41, 5.74) is -0.660. The first-order valence-electron chi connectivity index (χ1n) is 8.48. The predicted molar refractivity (Wildman–Crippen MR) is 94.1 cm³/mol. The van der Waals surface area contributed by atoms with Crippen LogP contribution in [0.4, 0.5) is 13.6 Å². The van der Waals surface area contributed by atoms with Crippen molar-refractivity contribution in [2.24, 2.45) is 0 Å². The Balaban J connectivity index is 1.85. The SMILES string of the molecule is CCc1ccc(C(=O)CN2C(=O)N[C@@](C)(c3cc(F)ccc3F)C2=O)cc1. The van der Waals surface area contributed by atoms with E-state index >= 15 is 0 Å². The second-order valence-electron chi connectivity index (χ2n) is 6.54. The van der Waals surface area contributed by atoms with E-state index in [2.05, 4.69) is 5.32 Å². The van der Waals surface area contributed by atoms with Gasteiger partial charge in [-0.3, -0.25) is 14.5 Å². The van der Waals surface area contributed by atoms with Gasteiger partial charge in [0.05, 0.1) is 6.54 Å². The summed E-state index contributed by atoms with van der Waals surface area (Å²) in [6, 6.07) is 8.70. The Hall–Kier alpha value is -3.09. The average molecular weight is 372 g/mol. The van der Waals surface area contributed by atoms with Crippen LogP contribution >= 0.6 is 0 Å². The molecule has 0 aromatic heterocycles. The van der Waals surface area contributed by atoms with Gasteiger partial charge < -0.3 is 5.32 Å². The molecule has 0 bridgehead atoms. The molecule has 1 aliphatic rings. The quantitative estimate of drug-likeness (QED) is 0.648. The lowest BCUT2D eigenvalue weighted by molar-refractivity contribution is -0.130. The van der Waals surface area contributed by atoms with Gasteiger partial charge in [0.25, 0.3) is 5.91 Å². The van der Waals surface area contributed by atoms with Crippen molar-refractivity contribution in [3.8, 4) is 0 Å². The standard InChI is InChI=1S/C20H18F2N2O3/c1-3-12-4-6-13(7-5-12)17(25)11-24-18(26)20(2,23-19(24)27)15-10-14(21)8-9-16(15)22/h4-10H,3,11H2,1-2H3,(H,23,27)/t20-/m0/s1. The van der Waals surface area contributed by atoms with Crippen LogP contribution in [0.5, 0.6) is 0 Å². The van der Waals surface area contributed by atoms with Crippen molar-refractivity contribution in [2.45, 2.75) is 25.8 Å². The van der Waals surface area contributed by atoms with Crippen LogP contribution in [0.3, 0.4) is 0 Å². The van der Waals surface area contributed by atoms with E-state index in [1.165, 1.54) is 6.92 Å². The summed E-state index contributed by atoms with van der Waals surface area (Å²) in [7, 11) is 0. The van der Waals surface area contributed by atoms with Gasteiger partial charge in [0.1, 0.15) is 17.2 Å². The number of Topliss-reactive ketones (excluding diaryl/α,β-unsaturated/α-hetero) is 1. The molecule has 1 atom stereocenters. The first kappa shape index (κ1) is 18.7. The summed E-state index contributed by atoms with van der Waals surface area (Å²) in [6.07, 6.45) is 0.818. The average Bonchev–Trinajstić information content (AvgIpc) is 2.87. The number of ketones is 1. The number of urea groups is 1. The molecule has 1 aliphatic heterocycles. The largest absolute Gasteiger partial charge is 0.325 e. The molecule has 1 N–H and O–H groups in total. The van der Waals surface area contributed by atoms with Crippen molar-refractivity contribution in [3.63, 3.8) is 0 Å². The minimum atomic E-state index is -1.78. The zero-order valence-electron chi connectivity index (χ0n) is 14.9. The van der Waals surface area contributed by atoms with Gasteiger partial charge in [0.2, 0.25) is 0 Å². The Labute approximate surface area is 155 Å². The van der Waals surface area contributed by atoms with Gasteiger partial charge in [-0.25, -0.2) is 13.6 Å².